The van der Waals surface area contributed by atoms with Gasteiger partial charge in [-0.25, -0.2) is 4.39 Å². The lowest BCUT2D eigenvalue weighted by Crippen LogP contribution is -2.46. The minimum atomic E-state index is -0.118. The quantitative estimate of drug-likeness (QED) is 0.870. The first kappa shape index (κ1) is 13.5. The smallest absolute Gasteiger partial charge is 0.127 e. The van der Waals surface area contributed by atoms with Crippen molar-refractivity contribution in [2.75, 3.05) is 20.1 Å². The van der Waals surface area contributed by atoms with Crippen molar-refractivity contribution in [3.05, 3.63) is 35.6 Å². The average Bonchev–Trinajstić information content (AvgIpc) is 2.33. The van der Waals surface area contributed by atoms with Crippen molar-refractivity contribution < 1.29 is 4.39 Å². The zero-order valence-electron chi connectivity index (χ0n) is 11.3. The van der Waals surface area contributed by atoms with Crippen molar-refractivity contribution in [3.63, 3.8) is 0 Å². The van der Waals surface area contributed by atoms with Crippen molar-refractivity contribution in [2.24, 2.45) is 11.1 Å². The predicted molar refractivity (Wildman–Crippen MR) is 72.8 cm³/mol. The Bertz CT molecular complexity index is 396. The van der Waals surface area contributed by atoms with Crippen LogP contribution in [0.5, 0.6) is 0 Å². The lowest BCUT2D eigenvalue weighted by molar-refractivity contribution is 0.0697. The Hall–Kier alpha value is -0.930. The van der Waals surface area contributed by atoms with E-state index in [9.17, 15) is 4.39 Å². The number of halogens is 1. The molecule has 2 rings (SSSR count). The number of hydrogen-bond acceptors (Lipinski definition) is 2. The van der Waals surface area contributed by atoms with Crippen LogP contribution in [0.2, 0.25) is 0 Å². The number of nitrogens with zero attached hydrogens (tertiary/aromatic N) is 1. The van der Waals surface area contributed by atoms with Crippen LogP contribution in [0.15, 0.2) is 24.3 Å². The lowest BCUT2D eigenvalue weighted by Gasteiger charge is -2.45. The largest absolute Gasteiger partial charge is 0.330 e. The van der Waals surface area contributed by atoms with E-state index < -0.39 is 0 Å². The SMILES string of the molecule is CC(c1ccccc1F)N(C)CC1(CN)CCC1. The standard InChI is InChI=1S/C15H23FN2/c1-12(13-6-3-4-7-14(13)16)18(2)11-15(10-17)8-5-9-15/h3-4,6-7,12H,5,8-11,17H2,1-2H3. The fourth-order valence-electron chi connectivity index (χ4n) is 2.82. The summed E-state index contributed by atoms with van der Waals surface area (Å²) in [5, 5.41) is 0. The molecule has 0 bridgehead atoms. The highest BCUT2D eigenvalue weighted by atomic mass is 19.1. The van der Waals surface area contributed by atoms with Crippen LogP contribution in [0, 0.1) is 11.2 Å². The first-order chi connectivity index (χ1) is 8.58. The Balaban J connectivity index is 2.05. The molecule has 0 aromatic heterocycles. The van der Waals surface area contributed by atoms with Gasteiger partial charge < -0.3 is 5.73 Å². The number of benzene rings is 1. The van der Waals surface area contributed by atoms with Gasteiger partial charge in [-0.3, -0.25) is 4.90 Å². The third-order valence-corrected chi connectivity index (χ3v) is 4.45. The maximum atomic E-state index is 13.8. The van der Waals surface area contributed by atoms with E-state index in [1.54, 1.807) is 6.07 Å². The highest BCUT2D eigenvalue weighted by Crippen LogP contribution is 2.41. The van der Waals surface area contributed by atoms with Gasteiger partial charge in [0, 0.05) is 18.2 Å². The molecule has 1 aromatic rings. The van der Waals surface area contributed by atoms with E-state index in [1.165, 1.54) is 25.3 Å². The molecular formula is C15H23FN2. The topological polar surface area (TPSA) is 29.3 Å². The van der Waals surface area contributed by atoms with Gasteiger partial charge in [-0.1, -0.05) is 24.6 Å². The summed E-state index contributed by atoms with van der Waals surface area (Å²) in [4.78, 5) is 2.23. The Morgan fingerprint density at radius 3 is 2.56 bits per heavy atom. The molecule has 0 amide bonds. The second-order valence-electron chi connectivity index (χ2n) is 5.67. The molecule has 0 heterocycles. The number of nitrogens with two attached hydrogens (primary N) is 1. The molecule has 18 heavy (non-hydrogen) atoms. The first-order valence-corrected chi connectivity index (χ1v) is 6.73. The molecule has 100 valence electrons. The maximum absolute atomic E-state index is 13.8. The molecule has 3 heteroatoms. The molecule has 0 saturated heterocycles. The molecule has 1 aliphatic rings. The minimum Gasteiger partial charge on any atom is -0.330 e. The molecule has 1 unspecified atom stereocenters. The highest BCUT2D eigenvalue weighted by molar-refractivity contribution is 5.20. The number of hydrogen-bond donors (Lipinski definition) is 1. The fraction of sp³-hybridized carbons (Fsp3) is 0.600. The molecule has 2 N–H and O–H groups in total. The molecule has 1 atom stereocenters. The van der Waals surface area contributed by atoms with Gasteiger partial charge in [-0.15, -0.1) is 0 Å². The van der Waals surface area contributed by atoms with Crippen LogP contribution in [0.3, 0.4) is 0 Å². The van der Waals surface area contributed by atoms with Crippen molar-refractivity contribution in [1.82, 2.24) is 4.90 Å². The Labute approximate surface area is 109 Å². The van der Waals surface area contributed by atoms with Gasteiger partial charge in [-0.2, -0.15) is 0 Å². The van der Waals surface area contributed by atoms with Crippen LogP contribution in [0.1, 0.15) is 37.8 Å². The van der Waals surface area contributed by atoms with Crippen LogP contribution in [-0.2, 0) is 0 Å². The summed E-state index contributed by atoms with van der Waals surface area (Å²) in [7, 11) is 2.06. The molecule has 1 aromatic carbocycles. The summed E-state index contributed by atoms with van der Waals surface area (Å²) in [6, 6.07) is 7.12. The first-order valence-electron chi connectivity index (χ1n) is 6.73. The van der Waals surface area contributed by atoms with Gasteiger partial charge in [0.15, 0.2) is 0 Å². The zero-order valence-corrected chi connectivity index (χ0v) is 11.3. The molecule has 1 fully saturated rings. The van der Waals surface area contributed by atoms with Crippen LogP contribution in [0.25, 0.3) is 0 Å². The molecule has 2 nitrogen and oxygen atoms in total. The Kier molecular flexibility index (Phi) is 4.03. The van der Waals surface area contributed by atoms with E-state index in [0.29, 0.717) is 0 Å². The summed E-state index contributed by atoms with van der Waals surface area (Å²) in [5.41, 5.74) is 6.93. The van der Waals surface area contributed by atoms with Gasteiger partial charge >= 0.3 is 0 Å². The summed E-state index contributed by atoms with van der Waals surface area (Å²) in [6.07, 6.45) is 3.69. The molecule has 1 saturated carbocycles. The molecule has 1 aliphatic carbocycles. The van der Waals surface area contributed by atoms with Crippen molar-refractivity contribution >= 4 is 0 Å². The Morgan fingerprint density at radius 1 is 1.39 bits per heavy atom. The van der Waals surface area contributed by atoms with Gasteiger partial charge in [0.25, 0.3) is 0 Å². The molecule has 0 radical (unpaired) electrons. The van der Waals surface area contributed by atoms with E-state index in [0.717, 1.165) is 18.7 Å². The average molecular weight is 250 g/mol. The lowest BCUT2D eigenvalue weighted by atomic mass is 9.68. The normalized spacial score (nSPS) is 19.6. The van der Waals surface area contributed by atoms with E-state index in [1.807, 2.05) is 12.1 Å². The van der Waals surface area contributed by atoms with E-state index in [-0.39, 0.29) is 17.3 Å². The van der Waals surface area contributed by atoms with Crippen LogP contribution in [-0.4, -0.2) is 25.0 Å². The molecular weight excluding hydrogens is 227 g/mol. The van der Waals surface area contributed by atoms with Gasteiger partial charge in [-0.05, 0) is 44.8 Å². The van der Waals surface area contributed by atoms with E-state index in [4.69, 9.17) is 5.73 Å². The summed E-state index contributed by atoms with van der Waals surface area (Å²) < 4.78 is 13.8. The maximum Gasteiger partial charge on any atom is 0.127 e. The third-order valence-electron chi connectivity index (χ3n) is 4.45. The van der Waals surface area contributed by atoms with Crippen LogP contribution >= 0.6 is 0 Å². The highest BCUT2D eigenvalue weighted by Gasteiger charge is 2.37. The monoisotopic (exact) mass is 250 g/mol. The molecule has 0 aliphatic heterocycles. The van der Waals surface area contributed by atoms with Gasteiger partial charge in [0.1, 0.15) is 5.82 Å². The van der Waals surface area contributed by atoms with Gasteiger partial charge in [0.2, 0.25) is 0 Å². The zero-order chi connectivity index (χ0) is 13.2. The second kappa shape index (κ2) is 5.37. The predicted octanol–water partition coefficient (Wildman–Crippen LogP) is 2.95. The summed E-state index contributed by atoms with van der Waals surface area (Å²) >= 11 is 0. The molecule has 0 spiro atoms. The minimum absolute atomic E-state index is 0.0928. The van der Waals surface area contributed by atoms with Crippen molar-refractivity contribution in [1.29, 1.82) is 0 Å². The second-order valence-corrected chi connectivity index (χ2v) is 5.67. The van der Waals surface area contributed by atoms with Crippen LogP contribution < -0.4 is 5.73 Å². The summed E-state index contributed by atoms with van der Waals surface area (Å²) in [6.45, 7) is 3.75. The fourth-order valence-corrected chi connectivity index (χ4v) is 2.82. The van der Waals surface area contributed by atoms with Crippen molar-refractivity contribution in [3.8, 4) is 0 Å². The van der Waals surface area contributed by atoms with E-state index >= 15 is 0 Å². The number of rotatable bonds is 5. The van der Waals surface area contributed by atoms with Crippen LogP contribution in [0.4, 0.5) is 4.39 Å². The summed E-state index contributed by atoms with van der Waals surface area (Å²) in [5.74, 6) is -0.118. The third kappa shape index (κ3) is 2.57. The Morgan fingerprint density at radius 2 is 2.06 bits per heavy atom. The van der Waals surface area contributed by atoms with E-state index in [2.05, 4.69) is 18.9 Å². The van der Waals surface area contributed by atoms with Crippen molar-refractivity contribution in [2.45, 2.75) is 32.2 Å². The van der Waals surface area contributed by atoms with Gasteiger partial charge in [0.05, 0.1) is 0 Å².